The number of fused-ring (bicyclic) bond motifs is 1. The monoisotopic (exact) mass is 473 g/mol. The molecule has 0 saturated carbocycles. The average molecular weight is 474 g/mol. The van der Waals surface area contributed by atoms with Crippen LogP contribution in [0.3, 0.4) is 0 Å². The van der Waals surface area contributed by atoms with Gasteiger partial charge in [0.05, 0.1) is 28.9 Å². The van der Waals surface area contributed by atoms with E-state index in [2.05, 4.69) is 16.0 Å². The molecule has 2 aromatic carbocycles. The molecule has 0 saturated heterocycles. The first-order valence-corrected chi connectivity index (χ1v) is 11.3. The number of pyridine rings is 1. The summed E-state index contributed by atoms with van der Waals surface area (Å²) >= 11 is 0. The molecule has 0 spiro atoms. The van der Waals surface area contributed by atoms with Gasteiger partial charge < -0.3 is 9.47 Å². The molecule has 9 heteroatoms. The molecule has 180 valence electrons. The van der Waals surface area contributed by atoms with Gasteiger partial charge in [-0.15, -0.1) is 0 Å². The Balaban J connectivity index is 1.49. The maximum Gasteiger partial charge on any atom is 0.279 e. The van der Waals surface area contributed by atoms with E-state index < -0.39 is 17.9 Å². The molecule has 4 rings (SSSR count). The number of hydrogen-bond donors (Lipinski definition) is 2. The number of amides is 2. The number of nitrogens with one attached hydrogen (secondary N) is 2. The van der Waals surface area contributed by atoms with Crippen LogP contribution in [0.25, 0.3) is 22.3 Å². The largest absolute Gasteiger partial charge is 0.494 e. The molecule has 0 bridgehead atoms. The van der Waals surface area contributed by atoms with E-state index in [1.807, 2.05) is 44.2 Å². The number of benzene rings is 2. The lowest BCUT2D eigenvalue weighted by Crippen LogP contribution is -2.47. The molecule has 1 atom stereocenters. The third-order valence-electron chi connectivity index (χ3n) is 5.40. The van der Waals surface area contributed by atoms with Crippen molar-refractivity contribution in [3.63, 3.8) is 0 Å². The fraction of sp³-hybridized carbons (Fsp3) is 0.231. The number of aryl methyl sites for hydroxylation is 2. The Bertz CT molecular complexity index is 1350. The van der Waals surface area contributed by atoms with Crippen molar-refractivity contribution in [2.45, 2.75) is 26.9 Å². The summed E-state index contributed by atoms with van der Waals surface area (Å²) in [5.41, 5.74) is 8.04. The smallest absolute Gasteiger partial charge is 0.279 e. The molecule has 0 radical (unpaired) electrons. The van der Waals surface area contributed by atoms with Gasteiger partial charge in [-0.1, -0.05) is 30.3 Å². The van der Waals surface area contributed by atoms with E-state index >= 15 is 0 Å². The van der Waals surface area contributed by atoms with Crippen molar-refractivity contribution >= 4 is 22.8 Å². The first-order valence-electron chi connectivity index (χ1n) is 11.3. The van der Waals surface area contributed by atoms with Crippen LogP contribution < -0.4 is 20.3 Å². The Hall–Kier alpha value is -4.40. The zero-order valence-corrected chi connectivity index (χ0v) is 20.0. The van der Waals surface area contributed by atoms with Crippen molar-refractivity contribution < 1.29 is 19.1 Å². The standard InChI is InChI=1S/C26H27N5O4/c1-5-34-19-11-13-20(14-12-19)35-17(3)25(32)28-29-26(33)21-15-22(18-9-7-6-8-10-18)27-24-23(21)16(2)30-31(24)4/h6-15,17H,5H2,1-4H3,(H,28,32)(H,29,33). The summed E-state index contributed by atoms with van der Waals surface area (Å²) in [5.74, 6) is 0.251. The van der Waals surface area contributed by atoms with Crippen LogP contribution in [0.5, 0.6) is 11.5 Å². The topological polar surface area (TPSA) is 107 Å². The molecule has 35 heavy (non-hydrogen) atoms. The van der Waals surface area contributed by atoms with Crippen LogP contribution in [0.2, 0.25) is 0 Å². The number of hydrazine groups is 1. The van der Waals surface area contributed by atoms with Gasteiger partial charge in [0, 0.05) is 12.6 Å². The number of carbonyl (C=O) groups excluding carboxylic acids is 2. The van der Waals surface area contributed by atoms with Crippen LogP contribution in [0, 0.1) is 6.92 Å². The summed E-state index contributed by atoms with van der Waals surface area (Å²) in [6.07, 6.45) is -0.842. The molecular weight excluding hydrogens is 446 g/mol. The number of carbonyl (C=O) groups is 2. The third-order valence-corrected chi connectivity index (χ3v) is 5.40. The molecule has 0 aliphatic carbocycles. The van der Waals surface area contributed by atoms with E-state index in [1.54, 1.807) is 49.0 Å². The Morgan fingerprint density at radius 3 is 2.40 bits per heavy atom. The molecule has 0 fully saturated rings. The second kappa shape index (κ2) is 10.3. The molecule has 2 aromatic heterocycles. The van der Waals surface area contributed by atoms with E-state index in [0.29, 0.717) is 46.1 Å². The van der Waals surface area contributed by atoms with E-state index in [-0.39, 0.29) is 0 Å². The van der Waals surface area contributed by atoms with E-state index in [4.69, 9.17) is 14.5 Å². The Kier molecular flexibility index (Phi) is 6.96. The van der Waals surface area contributed by atoms with Crippen LogP contribution in [0.15, 0.2) is 60.7 Å². The van der Waals surface area contributed by atoms with Gasteiger partial charge in [0.15, 0.2) is 11.8 Å². The SMILES string of the molecule is CCOc1ccc(OC(C)C(=O)NNC(=O)c2cc(-c3ccccc3)nc3c2c(C)nn3C)cc1. The van der Waals surface area contributed by atoms with Crippen molar-refractivity contribution in [1.82, 2.24) is 25.6 Å². The molecule has 2 N–H and O–H groups in total. The predicted molar refractivity (Wildman–Crippen MR) is 132 cm³/mol. The summed E-state index contributed by atoms with van der Waals surface area (Å²) in [6, 6.07) is 18.2. The van der Waals surface area contributed by atoms with Crippen molar-refractivity contribution in [1.29, 1.82) is 0 Å². The molecule has 4 aromatic rings. The van der Waals surface area contributed by atoms with E-state index in [1.165, 1.54) is 0 Å². The summed E-state index contributed by atoms with van der Waals surface area (Å²) in [7, 11) is 1.78. The quantitative estimate of drug-likeness (QED) is 0.398. The van der Waals surface area contributed by atoms with Gasteiger partial charge in [-0.2, -0.15) is 5.10 Å². The van der Waals surface area contributed by atoms with Gasteiger partial charge >= 0.3 is 0 Å². The molecule has 0 aliphatic heterocycles. The summed E-state index contributed by atoms with van der Waals surface area (Å²) in [4.78, 5) is 30.4. The highest BCUT2D eigenvalue weighted by Crippen LogP contribution is 2.26. The molecule has 1 unspecified atom stereocenters. The molecule has 2 amide bonds. The summed E-state index contributed by atoms with van der Waals surface area (Å²) < 4.78 is 12.7. The lowest BCUT2D eigenvalue weighted by Gasteiger charge is -2.16. The molecular formula is C26H27N5O4. The first kappa shape index (κ1) is 23.7. The van der Waals surface area contributed by atoms with Crippen molar-refractivity contribution in [2.75, 3.05) is 6.61 Å². The first-order chi connectivity index (χ1) is 16.9. The van der Waals surface area contributed by atoms with Crippen LogP contribution in [-0.4, -0.2) is 39.3 Å². The molecule has 2 heterocycles. The number of hydrogen-bond acceptors (Lipinski definition) is 6. The minimum absolute atomic E-state index is 0.361. The zero-order chi connectivity index (χ0) is 24.9. The normalized spacial score (nSPS) is 11.7. The van der Waals surface area contributed by atoms with E-state index in [0.717, 1.165) is 5.56 Å². The number of aromatic nitrogens is 3. The number of ether oxygens (including phenoxy) is 2. The minimum Gasteiger partial charge on any atom is -0.494 e. The van der Waals surface area contributed by atoms with Gasteiger partial charge in [0.25, 0.3) is 11.8 Å². The van der Waals surface area contributed by atoms with Crippen molar-refractivity contribution in [2.24, 2.45) is 7.05 Å². The highest BCUT2D eigenvalue weighted by atomic mass is 16.5. The molecule has 0 aliphatic rings. The maximum atomic E-state index is 13.1. The number of rotatable bonds is 7. The van der Waals surface area contributed by atoms with E-state index in [9.17, 15) is 9.59 Å². The average Bonchev–Trinajstić information content (AvgIpc) is 3.16. The van der Waals surface area contributed by atoms with Gasteiger partial charge in [-0.3, -0.25) is 25.1 Å². The highest BCUT2D eigenvalue weighted by Gasteiger charge is 2.21. The van der Waals surface area contributed by atoms with Gasteiger partial charge in [-0.05, 0) is 51.1 Å². The lowest BCUT2D eigenvalue weighted by atomic mass is 10.1. The summed E-state index contributed by atoms with van der Waals surface area (Å²) in [5, 5.41) is 5.04. The lowest BCUT2D eigenvalue weighted by molar-refractivity contribution is -0.128. The number of nitrogens with zero attached hydrogens (tertiary/aromatic N) is 3. The van der Waals surface area contributed by atoms with Crippen LogP contribution >= 0.6 is 0 Å². The summed E-state index contributed by atoms with van der Waals surface area (Å²) in [6.45, 7) is 5.88. The fourth-order valence-electron chi connectivity index (χ4n) is 3.71. The van der Waals surface area contributed by atoms with Crippen LogP contribution in [0.1, 0.15) is 29.9 Å². The minimum atomic E-state index is -0.842. The van der Waals surface area contributed by atoms with Crippen LogP contribution in [0.4, 0.5) is 0 Å². The second-order valence-electron chi connectivity index (χ2n) is 7.94. The predicted octanol–water partition coefficient (Wildman–Crippen LogP) is 3.57. The van der Waals surface area contributed by atoms with Gasteiger partial charge in [0.1, 0.15) is 11.5 Å². The highest BCUT2D eigenvalue weighted by molar-refractivity contribution is 6.08. The maximum absolute atomic E-state index is 13.1. The zero-order valence-electron chi connectivity index (χ0n) is 20.0. The molecule has 9 nitrogen and oxygen atoms in total. The third kappa shape index (κ3) is 5.24. The fourth-order valence-corrected chi connectivity index (χ4v) is 3.71. The van der Waals surface area contributed by atoms with Crippen molar-refractivity contribution in [3.8, 4) is 22.8 Å². The van der Waals surface area contributed by atoms with Crippen LogP contribution in [-0.2, 0) is 11.8 Å². The second-order valence-corrected chi connectivity index (χ2v) is 7.94. The van der Waals surface area contributed by atoms with Gasteiger partial charge in [0.2, 0.25) is 0 Å². The van der Waals surface area contributed by atoms with Crippen molar-refractivity contribution in [3.05, 3.63) is 71.9 Å². The Morgan fingerprint density at radius 2 is 1.71 bits per heavy atom. The van der Waals surface area contributed by atoms with Gasteiger partial charge in [-0.25, -0.2) is 4.98 Å². The Labute approximate surface area is 203 Å². The Morgan fingerprint density at radius 1 is 1.03 bits per heavy atom.